The Morgan fingerprint density at radius 3 is 2.88 bits per heavy atom. The van der Waals surface area contributed by atoms with Crippen LogP contribution in [0.5, 0.6) is 5.75 Å². The normalized spacial score (nSPS) is 23.6. The predicted molar refractivity (Wildman–Crippen MR) is 93.9 cm³/mol. The van der Waals surface area contributed by atoms with Crippen molar-refractivity contribution >= 4 is 22.4 Å². The Morgan fingerprint density at radius 2 is 2.20 bits per heavy atom. The molecule has 0 spiro atoms. The highest BCUT2D eigenvalue weighted by Gasteiger charge is 2.45. The number of aromatic nitrogens is 2. The fourth-order valence-corrected chi connectivity index (χ4v) is 3.61. The van der Waals surface area contributed by atoms with Crippen molar-refractivity contribution in [2.75, 3.05) is 27.4 Å². The van der Waals surface area contributed by atoms with E-state index in [-0.39, 0.29) is 13.1 Å². The first kappa shape index (κ1) is 17.7. The molecule has 25 heavy (non-hydrogen) atoms. The van der Waals surface area contributed by atoms with Crippen molar-refractivity contribution in [1.82, 2.24) is 19.7 Å². The van der Waals surface area contributed by atoms with E-state index in [0.717, 1.165) is 5.56 Å². The van der Waals surface area contributed by atoms with Crippen molar-refractivity contribution in [1.29, 1.82) is 0 Å². The minimum Gasteiger partial charge on any atom is -0.622 e. The zero-order valence-electron chi connectivity index (χ0n) is 14.3. The van der Waals surface area contributed by atoms with Gasteiger partial charge in [0.15, 0.2) is 0 Å². The van der Waals surface area contributed by atoms with Crippen LogP contribution in [0.25, 0.3) is 0 Å². The first-order chi connectivity index (χ1) is 11.9. The topological polar surface area (TPSA) is 87.6 Å². The lowest BCUT2D eigenvalue weighted by Gasteiger charge is -2.38. The summed E-state index contributed by atoms with van der Waals surface area (Å²) >= 11 is 1.23. The summed E-state index contributed by atoms with van der Waals surface area (Å²) in [6.45, 7) is 2.30. The number of aryl methyl sites for hydroxylation is 1. The fraction of sp³-hybridized carbons (Fsp3) is 0.438. The molecule has 1 aromatic carbocycles. The quantitative estimate of drug-likeness (QED) is 0.453. The molecule has 1 aliphatic heterocycles. The van der Waals surface area contributed by atoms with Crippen molar-refractivity contribution in [2.45, 2.75) is 19.6 Å². The van der Waals surface area contributed by atoms with Crippen molar-refractivity contribution in [3.05, 3.63) is 40.0 Å². The number of likely N-dealkylation sites (N-methyl/N-ethyl adjacent to an activating group) is 1. The van der Waals surface area contributed by atoms with Gasteiger partial charge in [0.05, 0.1) is 20.1 Å². The Balaban J connectivity index is 1.75. The molecule has 0 aliphatic carbocycles. The number of carbonyl (C=O) groups excluding carboxylic acids is 1. The van der Waals surface area contributed by atoms with E-state index >= 15 is 0 Å². The molecule has 134 valence electrons. The number of methoxy groups -OCH3 is 1. The highest BCUT2D eigenvalue weighted by atomic mass is 32.1. The van der Waals surface area contributed by atoms with Crippen LogP contribution in [-0.4, -0.2) is 54.7 Å². The number of ether oxygens (including phenoxy) is 2. The number of carbonyl (C=O) groups is 1. The average Bonchev–Trinajstić information content (AvgIpc) is 3.12. The number of rotatable bonds is 5. The molecule has 9 heteroatoms. The van der Waals surface area contributed by atoms with E-state index in [9.17, 15) is 10.0 Å². The van der Waals surface area contributed by atoms with E-state index in [1.807, 2.05) is 24.1 Å². The van der Waals surface area contributed by atoms with Gasteiger partial charge in [0.25, 0.3) is 6.23 Å². The van der Waals surface area contributed by atoms with Gasteiger partial charge < -0.3 is 14.7 Å². The van der Waals surface area contributed by atoms with E-state index in [0.29, 0.717) is 22.4 Å². The number of hydrogen-bond donors (Lipinski definition) is 0. The molecule has 2 aromatic rings. The molecule has 3 rings (SSSR count). The van der Waals surface area contributed by atoms with Crippen LogP contribution in [0.1, 0.15) is 10.6 Å². The van der Waals surface area contributed by atoms with Crippen molar-refractivity contribution in [3.63, 3.8) is 0 Å². The van der Waals surface area contributed by atoms with E-state index in [4.69, 9.17) is 9.47 Å². The number of nitrogens with zero attached hydrogens (tertiary/aromatic N) is 4. The van der Waals surface area contributed by atoms with E-state index in [1.54, 1.807) is 26.2 Å². The predicted octanol–water partition coefficient (Wildman–Crippen LogP) is 1.68. The number of hydrogen-bond acceptors (Lipinski definition) is 8. The summed E-state index contributed by atoms with van der Waals surface area (Å²) in [6, 6.07) is 7.24. The monoisotopic (exact) mass is 364 g/mol. The van der Waals surface area contributed by atoms with Crippen LogP contribution in [0, 0.1) is 12.1 Å². The number of hydroxylamine groups is 2. The second kappa shape index (κ2) is 7.04. The van der Waals surface area contributed by atoms with Gasteiger partial charge in [0, 0.05) is 5.56 Å². The Hall–Kier alpha value is -2.07. The van der Waals surface area contributed by atoms with E-state index < -0.39 is 16.8 Å². The maximum Gasteiger partial charge on any atom is 0.314 e. The van der Waals surface area contributed by atoms with Crippen molar-refractivity contribution in [3.8, 4) is 5.75 Å². The first-order valence-electron chi connectivity index (χ1n) is 7.81. The zero-order chi connectivity index (χ0) is 18.0. The number of para-hydroxylation sites is 1. The van der Waals surface area contributed by atoms with Gasteiger partial charge in [-0.15, -0.1) is 5.10 Å². The summed E-state index contributed by atoms with van der Waals surface area (Å²) < 4.78 is 9.96. The highest BCUT2D eigenvalue weighted by molar-refractivity contribution is 7.15. The number of quaternary nitrogens is 1. The molecule has 1 fully saturated rings. The largest absolute Gasteiger partial charge is 0.622 e. The molecule has 1 aromatic heterocycles. The molecule has 8 nitrogen and oxygen atoms in total. The van der Waals surface area contributed by atoms with Crippen LogP contribution < -0.4 is 9.38 Å². The standard InChI is InChI=1S/C16H20N4O4S/c1-11-17-18-16(25-11)20(22)10-19(2)9-14(20)24-15(21)8-12-6-4-5-7-13(12)23-3/h4-7,14H,8-10H2,1-3H3. The molecule has 0 saturated carbocycles. The van der Waals surface area contributed by atoms with Crippen LogP contribution in [0.4, 0.5) is 5.13 Å². The molecule has 2 unspecified atom stereocenters. The number of benzene rings is 1. The molecular weight excluding hydrogens is 344 g/mol. The van der Waals surface area contributed by atoms with Gasteiger partial charge in [0.1, 0.15) is 17.4 Å². The van der Waals surface area contributed by atoms with Gasteiger partial charge >= 0.3 is 11.1 Å². The van der Waals surface area contributed by atoms with Crippen LogP contribution >= 0.6 is 11.3 Å². The Kier molecular flexibility index (Phi) is 5.00. The highest BCUT2D eigenvalue weighted by Crippen LogP contribution is 2.33. The second-order valence-electron chi connectivity index (χ2n) is 6.01. The lowest BCUT2D eigenvalue weighted by Crippen LogP contribution is -2.51. The maximum atomic E-state index is 13.3. The minimum absolute atomic E-state index is 0.0410. The molecule has 1 saturated heterocycles. The Labute approximate surface area is 149 Å². The van der Waals surface area contributed by atoms with Crippen LogP contribution in [0.15, 0.2) is 24.3 Å². The summed E-state index contributed by atoms with van der Waals surface area (Å²) in [5, 5.41) is 22.2. The van der Waals surface area contributed by atoms with Crippen LogP contribution in [0.3, 0.4) is 0 Å². The Bertz CT molecular complexity index is 768. The van der Waals surface area contributed by atoms with Crippen molar-refractivity contribution in [2.24, 2.45) is 0 Å². The van der Waals surface area contributed by atoms with Gasteiger partial charge in [-0.25, -0.2) is 4.90 Å². The molecule has 0 bridgehead atoms. The fourth-order valence-electron chi connectivity index (χ4n) is 2.85. The van der Waals surface area contributed by atoms with Gasteiger partial charge in [-0.3, -0.25) is 9.44 Å². The third-order valence-electron chi connectivity index (χ3n) is 4.02. The lowest BCUT2D eigenvalue weighted by atomic mass is 10.1. The summed E-state index contributed by atoms with van der Waals surface area (Å²) in [7, 11) is 3.36. The molecule has 2 heterocycles. The molecule has 0 radical (unpaired) electrons. The number of esters is 1. The summed E-state index contributed by atoms with van der Waals surface area (Å²) in [5.74, 6) is 0.148. The van der Waals surface area contributed by atoms with Gasteiger partial charge in [0.2, 0.25) is 0 Å². The van der Waals surface area contributed by atoms with Gasteiger partial charge in [-0.1, -0.05) is 23.3 Å². The molecule has 1 aliphatic rings. The minimum atomic E-state index is -0.862. The molecular formula is C16H20N4O4S. The summed E-state index contributed by atoms with van der Waals surface area (Å²) in [4.78, 5) is 14.2. The third kappa shape index (κ3) is 3.64. The van der Waals surface area contributed by atoms with Gasteiger partial charge in [-0.2, -0.15) is 0 Å². The summed E-state index contributed by atoms with van der Waals surface area (Å²) in [5.41, 5.74) is 0.720. The van der Waals surface area contributed by atoms with Crippen molar-refractivity contribution < 1.29 is 14.3 Å². The van der Waals surface area contributed by atoms with Gasteiger partial charge in [-0.05, 0) is 31.4 Å². The molecule has 0 amide bonds. The average molecular weight is 364 g/mol. The molecule has 0 N–H and O–H groups in total. The Morgan fingerprint density at radius 1 is 1.44 bits per heavy atom. The smallest absolute Gasteiger partial charge is 0.314 e. The SMILES string of the molecule is COc1ccccc1CC(=O)OC1CN(C)C[N+]1([O-])c1nnc(C)s1. The van der Waals surface area contributed by atoms with Crippen LogP contribution in [-0.2, 0) is 16.0 Å². The maximum absolute atomic E-state index is 13.3. The first-order valence-corrected chi connectivity index (χ1v) is 8.63. The zero-order valence-corrected chi connectivity index (χ0v) is 15.2. The third-order valence-corrected chi connectivity index (χ3v) is 4.97. The van der Waals surface area contributed by atoms with Crippen LogP contribution in [0.2, 0.25) is 0 Å². The molecule has 2 atom stereocenters. The lowest BCUT2D eigenvalue weighted by molar-refractivity contribution is -0.152. The summed E-state index contributed by atoms with van der Waals surface area (Å²) in [6.07, 6.45) is -0.820. The van der Waals surface area contributed by atoms with E-state index in [1.165, 1.54) is 11.3 Å². The van der Waals surface area contributed by atoms with E-state index in [2.05, 4.69) is 10.2 Å². The second-order valence-corrected chi connectivity index (χ2v) is 7.17.